The number of amides is 1. The molecule has 0 aliphatic carbocycles. The average molecular weight is 583 g/mol. The first-order chi connectivity index (χ1) is 8.30. The van der Waals surface area contributed by atoms with Crippen LogP contribution in [-0.4, -0.2) is 34.6 Å². The fourth-order valence-electron chi connectivity index (χ4n) is 2.00. The van der Waals surface area contributed by atoms with Crippen LogP contribution in [0.1, 0.15) is 23.7 Å². The molecule has 1 atom stereocenters. The minimum absolute atomic E-state index is 0.0219. The van der Waals surface area contributed by atoms with Crippen molar-refractivity contribution in [2.75, 3.05) is 13.1 Å². The van der Waals surface area contributed by atoms with Gasteiger partial charge in [0.05, 0.1) is 11.2 Å². The Balaban J connectivity index is 2.30. The van der Waals surface area contributed by atoms with Gasteiger partial charge in [-0.15, -0.1) is 0 Å². The maximum atomic E-state index is 12.5. The van der Waals surface area contributed by atoms with Crippen LogP contribution in [0.2, 0.25) is 0 Å². The largest absolute Gasteiger partial charge is 0.388 e. The van der Waals surface area contributed by atoms with Crippen LogP contribution in [0, 0.1) is 10.7 Å². The van der Waals surface area contributed by atoms with E-state index in [1.807, 2.05) is 6.07 Å². The molecule has 3 nitrogen and oxygen atoms in total. The third-order valence-corrected chi connectivity index (χ3v) is 6.63. The number of benzene rings is 1. The number of rotatable bonds is 1. The van der Waals surface area contributed by atoms with Crippen molar-refractivity contribution in [2.45, 2.75) is 18.9 Å². The molecule has 1 heterocycles. The quantitative estimate of drug-likeness (QED) is 0.409. The summed E-state index contributed by atoms with van der Waals surface area (Å²) >= 11 is 6.68. The number of nitrogens with zero attached hydrogens (tertiary/aromatic N) is 1. The Kier molecular flexibility index (Phi) is 4.81. The van der Waals surface area contributed by atoms with Crippen LogP contribution >= 0.6 is 67.8 Å². The van der Waals surface area contributed by atoms with Crippen molar-refractivity contribution in [3.05, 3.63) is 28.4 Å². The van der Waals surface area contributed by atoms with Gasteiger partial charge in [0.2, 0.25) is 0 Å². The number of hydrogen-bond acceptors (Lipinski definition) is 2. The summed E-state index contributed by atoms with van der Waals surface area (Å²) in [7, 11) is 0. The van der Waals surface area contributed by atoms with E-state index in [0.717, 1.165) is 16.3 Å². The molecule has 1 aliphatic rings. The van der Waals surface area contributed by atoms with Gasteiger partial charge in [-0.25, -0.2) is 0 Å². The molecule has 18 heavy (non-hydrogen) atoms. The van der Waals surface area contributed by atoms with E-state index in [4.69, 9.17) is 0 Å². The molecule has 1 fully saturated rings. The third-order valence-electron chi connectivity index (χ3n) is 2.96. The maximum Gasteiger partial charge on any atom is 0.255 e. The Labute approximate surface area is 147 Å². The summed E-state index contributed by atoms with van der Waals surface area (Å²) in [6, 6.07) is 3.97. The lowest BCUT2D eigenvalue weighted by Gasteiger charge is -2.20. The first kappa shape index (κ1) is 15.2. The molecule has 98 valence electrons. The van der Waals surface area contributed by atoms with Crippen molar-refractivity contribution >= 4 is 73.7 Å². The first-order valence-corrected chi connectivity index (χ1v) is 8.70. The highest BCUT2D eigenvalue weighted by Gasteiger charge is 2.35. The lowest BCUT2D eigenvalue weighted by Crippen LogP contribution is -2.34. The summed E-state index contributed by atoms with van der Waals surface area (Å²) in [4.78, 5) is 14.2. The van der Waals surface area contributed by atoms with Gasteiger partial charge in [0.15, 0.2) is 0 Å². The van der Waals surface area contributed by atoms with E-state index in [2.05, 4.69) is 73.8 Å². The topological polar surface area (TPSA) is 40.5 Å². The van der Waals surface area contributed by atoms with Crippen LogP contribution in [0.4, 0.5) is 0 Å². The summed E-state index contributed by atoms with van der Waals surface area (Å²) in [5, 5.41) is 9.94. The zero-order valence-corrected chi connectivity index (χ0v) is 16.2. The van der Waals surface area contributed by atoms with Crippen molar-refractivity contribution in [3.8, 4) is 0 Å². The number of carbonyl (C=O) groups excluding carboxylic acids is 1. The normalized spacial score (nSPS) is 23.5. The van der Waals surface area contributed by atoms with Gasteiger partial charge in [-0.05, 0) is 93.2 Å². The van der Waals surface area contributed by atoms with E-state index in [1.165, 1.54) is 0 Å². The molecule has 2 rings (SSSR count). The molecule has 0 aromatic heterocycles. The molecule has 1 N–H and O–H groups in total. The monoisotopic (exact) mass is 583 g/mol. The molecule has 1 aromatic carbocycles. The van der Waals surface area contributed by atoms with Gasteiger partial charge >= 0.3 is 0 Å². The number of carbonyl (C=O) groups is 1. The van der Waals surface area contributed by atoms with Gasteiger partial charge in [0.1, 0.15) is 0 Å². The second kappa shape index (κ2) is 5.68. The van der Waals surface area contributed by atoms with Crippen LogP contribution in [0.3, 0.4) is 0 Å². The standard InChI is InChI=1S/C12H12I3NO2/c1-12(18)2-3-16(6-12)11(17)8-4-7(13)5-9(14)10(8)15/h4-5,18H,2-3,6H2,1H3. The fraction of sp³-hybridized carbons (Fsp3) is 0.417. The molecule has 1 aromatic rings. The van der Waals surface area contributed by atoms with E-state index in [-0.39, 0.29) is 5.91 Å². The minimum Gasteiger partial charge on any atom is -0.388 e. The molecule has 0 bridgehead atoms. The highest BCUT2D eigenvalue weighted by Crippen LogP contribution is 2.27. The molecule has 6 heteroatoms. The molecule has 1 amide bonds. The number of hydrogen-bond donors (Lipinski definition) is 1. The average Bonchev–Trinajstić information content (AvgIpc) is 2.63. The Hall–Kier alpha value is 0.840. The predicted octanol–water partition coefficient (Wildman–Crippen LogP) is 3.10. The van der Waals surface area contributed by atoms with Crippen LogP contribution in [0.5, 0.6) is 0 Å². The Morgan fingerprint density at radius 3 is 2.61 bits per heavy atom. The van der Waals surface area contributed by atoms with Crippen LogP contribution in [-0.2, 0) is 0 Å². The Morgan fingerprint density at radius 2 is 2.06 bits per heavy atom. The van der Waals surface area contributed by atoms with Crippen molar-refractivity contribution < 1.29 is 9.90 Å². The van der Waals surface area contributed by atoms with E-state index in [9.17, 15) is 9.90 Å². The molecule has 0 radical (unpaired) electrons. The molecule has 0 saturated carbocycles. The van der Waals surface area contributed by atoms with Gasteiger partial charge in [-0.1, -0.05) is 0 Å². The predicted molar refractivity (Wildman–Crippen MR) is 95.7 cm³/mol. The molecular weight excluding hydrogens is 571 g/mol. The van der Waals surface area contributed by atoms with Gasteiger partial charge < -0.3 is 10.0 Å². The summed E-state index contributed by atoms with van der Waals surface area (Å²) < 4.78 is 3.14. The van der Waals surface area contributed by atoms with E-state index in [0.29, 0.717) is 19.5 Å². The molecule has 0 spiro atoms. The Morgan fingerprint density at radius 1 is 1.39 bits per heavy atom. The second-order valence-electron chi connectivity index (χ2n) is 4.72. The summed E-state index contributed by atoms with van der Waals surface area (Å²) in [5.41, 5.74) is 0.000475. The van der Waals surface area contributed by atoms with E-state index < -0.39 is 5.60 Å². The second-order valence-corrected chi connectivity index (χ2v) is 8.21. The molecule has 1 saturated heterocycles. The fourth-order valence-corrected chi connectivity index (χ4v) is 4.39. The summed E-state index contributed by atoms with van der Waals surface area (Å²) in [6.07, 6.45) is 0.649. The van der Waals surface area contributed by atoms with Crippen LogP contribution < -0.4 is 0 Å². The SMILES string of the molecule is CC1(O)CCN(C(=O)c2cc(I)cc(I)c2I)C1. The number of aliphatic hydroxyl groups is 1. The van der Waals surface area contributed by atoms with Gasteiger partial charge in [0.25, 0.3) is 5.91 Å². The lowest BCUT2D eigenvalue weighted by atomic mass is 10.1. The molecule has 1 unspecified atom stereocenters. The highest BCUT2D eigenvalue weighted by molar-refractivity contribution is 14.1. The number of halogens is 3. The van der Waals surface area contributed by atoms with E-state index in [1.54, 1.807) is 11.8 Å². The zero-order valence-electron chi connectivity index (χ0n) is 9.71. The summed E-state index contributed by atoms with van der Waals surface area (Å²) in [6.45, 7) is 2.83. The zero-order chi connectivity index (χ0) is 13.5. The van der Waals surface area contributed by atoms with Gasteiger partial charge in [-0.3, -0.25) is 4.79 Å². The third kappa shape index (κ3) is 3.29. The summed E-state index contributed by atoms with van der Waals surface area (Å²) in [5.74, 6) is 0.0219. The van der Waals surface area contributed by atoms with Crippen LogP contribution in [0.15, 0.2) is 12.1 Å². The van der Waals surface area contributed by atoms with Gasteiger partial charge in [0, 0.05) is 23.8 Å². The van der Waals surface area contributed by atoms with Crippen LogP contribution in [0.25, 0.3) is 0 Å². The number of likely N-dealkylation sites (tertiary alicyclic amines) is 1. The molecular formula is C12H12I3NO2. The van der Waals surface area contributed by atoms with Crippen molar-refractivity contribution in [2.24, 2.45) is 0 Å². The minimum atomic E-state index is -0.740. The smallest absolute Gasteiger partial charge is 0.255 e. The maximum absolute atomic E-state index is 12.5. The van der Waals surface area contributed by atoms with Crippen molar-refractivity contribution in [1.82, 2.24) is 4.90 Å². The lowest BCUT2D eigenvalue weighted by molar-refractivity contribution is 0.0571. The van der Waals surface area contributed by atoms with Crippen molar-refractivity contribution in [1.29, 1.82) is 0 Å². The van der Waals surface area contributed by atoms with Crippen molar-refractivity contribution in [3.63, 3.8) is 0 Å². The Bertz CT molecular complexity index is 502. The van der Waals surface area contributed by atoms with Gasteiger partial charge in [-0.2, -0.15) is 0 Å². The van der Waals surface area contributed by atoms with E-state index >= 15 is 0 Å². The highest BCUT2D eigenvalue weighted by atomic mass is 127. The number of β-amino-alcohol motifs (C(OH)–C–C–N with tert-alkyl or cyclic N) is 1. The molecule has 1 aliphatic heterocycles. The first-order valence-electron chi connectivity index (χ1n) is 5.46.